The summed E-state index contributed by atoms with van der Waals surface area (Å²) in [5.41, 5.74) is 5.37. The van der Waals surface area contributed by atoms with Gasteiger partial charge in [0.05, 0.1) is 0 Å². The number of carboxylic acids is 1. The minimum Gasteiger partial charge on any atom is -0.480 e. The van der Waals surface area contributed by atoms with Crippen LogP contribution < -0.4 is 5.73 Å². The molecule has 1 fully saturated rings. The highest BCUT2D eigenvalue weighted by atomic mass is 16.4. The van der Waals surface area contributed by atoms with Crippen molar-refractivity contribution in [1.29, 1.82) is 0 Å². The van der Waals surface area contributed by atoms with Crippen LogP contribution in [-0.4, -0.2) is 71.0 Å². The third-order valence-corrected chi connectivity index (χ3v) is 3.09. The van der Waals surface area contributed by atoms with Crippen LogP contribution >= 0.6 is 0 Å². The standard InChI is InChI=1S/C8H16N2O2.C4H11BO2.CH4O/c9-7(8(11)12)3-6-10-4-1-2-5-10;1-2-3-4-5(6)7;1-2/h7H,1-6,9H2,(H,11,12);6-7H,2-4H2,1H3;2H,1H3/t7-;;/m1../s1. The second-order valence-corrected chi connectivity index (χ2v) is 4.91. The molecule has 1 saturated heterocycles. The number of aliphatic hydroxyl groups is 1. The van der Waals surface area contributed by atoms with Crippen LogP contribution in [0.2, 0.25) is 6.32 Å². The summed E-state index contributed by atoms with van der Waals surface area (Å²) in [6.07, 6.45) is 5.48. The normalized spacial score (nSPS) is 15.3. The average molecular weight is 306 g/mol. The summed E-state index contributed by atoms with van der Waals surface area (Å²) in [6, 6.07) is -0.689. The summed E-state index contributed by atoms with van der Waals surface area (Å²) in [5.74, 6) is -0.894. The van der Waals surface area contributed by atoms with Gasteiger partial charge in [-0.3, -0.25) is 4.79 Å². The highest BCUT2D eigenvalue weighted by molar-refractivity contribution is 6.40. The largest absolute Gasteiger partial charge is 0.480 e. The van der Waals surface area contributed by atoms with Gasteiger partial charge in [-0.15, -0.1) is 0 Å². The molecule has 0 amide bonds. The zero-order valence-electron chi connectivity index (χ0n) is 13.2. The van der Waals surface area contributed by atoms with Crippen molar-refractivity contribution in [3.05, 3.63) is 0 Å². The number of carbonyl (C=O) groups is 1. The van der Waals surface area contributed by atoms with E-state index in [0.29, 0.717) is 12.7 Å². The van der Waals surface area contributed by atoms with Crippen molar-refractivity contribution in [1.82, 2.24) is 4.90 Å². The van der Waals surface area contributed by atoms with Gasteiger partial charge in [0.1, 0.15) is 6.04 Å². The molecule has 0 aromatic rings. The number of hydrogen-bond donors (Lipinski definition) is 5. The molecule has 0 aromatic heterocycles. The Morgan fingerprint density at radius 2 is 1.81 bits per heavy atom. The smallest absolute Gasteiger partial charge is 0.451 e. The maximum atomic E-state index is 10.4. The summed E-state index contributed by atoms with van der Waals surface area (Å²) in [5, 5.41) is 32.0. The molecule has 0 radical (unpaired) electrons. The van der Waals surface area contributed by atoms with Crippen molar-refractivity contribution in [3.8, 4) is 0 Å². The van der Waals surface area contributed by atoms with Gasteiger partial charge < -0.3 is 30.9 Å². The average Bonchev–Trinajstić information content (AvgIpc) is 2.98. The van der Waals surface area contributed by atoms with Crippen molar-refractivity contribution in [2.24, 2.45) is 5.73 Å². The zero-order chi connectivity index (χ0) is 16.7. The lowest BCUT2D eigenvalue weighted by Crippen LogP contribution is -2.34. The molecule has 1 rings (SSSR count). The van der Waals surface area contributed by atoms with E-state index in [1.54, 1.807) is 0 Å². The Labute approximate surface area is 127 Å². The first-order valence-electron chi connectivity index (χ1n) is 7.49. The van der Waals surface area contributed by atoms with Gasteiger partial charge >= 0.3 is 13.1 Å². The van der Waals surface area contributed by atoms with Gasteiger partial charge in [0.25, 0.3) is 0 Å². The Hall–Kier alpha value is -0.665. The first kappa shape index (κ1) is 22.6. The number of nitrogens with zero attached hydrogens (tertiary/aromatic N) is 1. The van der Waals surface area contributed by atoms with E-state index in [-0.39, 0.29) is 0 Å². The van der Waals surface area contributed by atoms with Crippen LogP contribution in [0.15, 0.2) is 0 Å². The van der Waals surface area contributed by atoms with E-state index >= 15 is 0 Å². The molecule has 8 heteroatoms. The molecule has 6 N–H and O–H groups in total. The lowest BCUT2D eigenvalue weighted by molar-refractivity contribution is -0.138. The number of unbranched alkanes of at least 4 members (excludes halogenated alkanes) is 1. The minimum absolute atomic E-state index is 0.510. The first-order valence-corrected chi connectivity index (χ1v) is 7.49. The SMILES string of the molecule is CCCCB(O)O.CO.N[C@H](CCN1CCCC1)C(=O)O. The van der Waals surface area contributed by atoms with Gasteiger partial charge in [0.2, 0.25) is 0 Å². The van der Waals surface area contributed by atoms with Crippen molar-refractivity contribution in [2.45, 2.75) is 51.4 Å². The quantitative estimate of drug-likeness (QED) is 0.410. The Morgan fingerprint density at radius 1 is 1.29 bits per heavy atom. The molecule has 1 aliphatic rings. The number of nitrogens with two attached hydrogens (primary N) is 1. The molecule has 1 aliphatic heterocycles. The van der Waals surface area contributed by atoms with Gasteiger partial charge in [0.15, 0.2) is 0 Å². The highest BCUT2D eigenvalue weighted by Crippen LogP contribution is 2.07. The molecule has 0 saturated carbocycles. The summed E-state index contributed by atoms with van der Waals surface area (Å²) in [7, 11) is -0.0973. The van der Waals surface area contributed by atoms with E-state index in [1.807, 2.05) is 6.92 Å². The van der Waals surface area contributed by atoms with Crippen LogP contribution in [0.25, 0.3) is 0 Å². The van der Waals surface area contributed by atoms with Crippen LogP contribution in [-0.2, 0) is 4.79 Å². The fourth-order valence-corrected chi connectivity index (χ4v) is 1.84. The number of aliphatic carboxylic acids is 1. The number of hydrogen-bond acceptors (Lipinski definition) is 6. The Bertz CT molecular complexity index is 239. The van der Waals surface area contributed by atoms with Crippen molar-refractivity contribution in [2.75, 3.05) is 26.7 Å². The molecule has 126 valence electrons. The molecule has 0 spiro atoms. The third kappa shape index (κ3) is 15.5. The van der Waals surface area contributed by atoms with E-state index in [9.17, 15) is 4.79 Å². The molecule has 7 nitrogen and oxygen atoms in total. The zero-order valence-corrected chi connectivity index (χ0v) is 13.2. The Morgan fingerprint density at radius 3 is 2.14 bits per heavy atom. The van der Waals surface area contributed by atoms with Crippen molar-refractivity contribution in [3.63, 3.8) is 0 Å². The monoisotopic (exact) mass is 306 g/mol. The van der Waals surface area contributed by atoms with Gasteiger partial charge in [-0.2, -0.15) is 0 Å². The lowest BCUT2D eigenvalue weighted by atomic mass is 9.84. The Kier molecular flexibility index (Phi) is 16.9. The topological polar surface area (TPSA) is 127 Å². The third-order valence-electron chi connectivity index (χ3n) is 3.09. The van der Waals surface area contributed by atoms with Crippen LogP contribution in [0.3, 0.4) is 0 Å². The van der Waals surface area contributed by atoms with Gasteiger partial charge in [0, 0.05) is 13.7 Å². The fourth-order valence-electron chi connectivity index (χ4n) is 1.84. The van der Waals surface area contributed by atoms with Gasteiger partial charge in [-0.25, -0.2) is 0 Å². The predicted octanol–water partition coefficient (Wildman–Crippen LogP) is -0.248. The summed E-state index contributed by atoms with van der Waals surface area (Å²) >= 11 is 0. The van der Waals surface area contributed by atoms with E-state index < -0.39 is 19.1 Å². The van der Waals surface area contributed by atoms with Crippen LogP contribution in [0.1, 0.15) is 39.0 Å². The van der Waals surface area contributed by atoms with Crippen molar-refractivity contribution < 1.29 is 25.1 Å². The second-order valence-electron chi connectivity index (χ2n) is 4.91. The molecule has 1 atom stereocenters. The fraction of sp³-hybridized carbons (Fsp3) is 0.923. The number of likely N-dealkylation sites (tertiary alicyclic amines) is 1. The van der Waals surface area contributed by atoms with E-state index in [4.69, 9.17) is 26.0 Å². The van der Waals surface area contributed by atoms with Crippen LogP contribution in [0.4, 0.5) is 0 Å². The van der Waals surface area contributed by atoms with E-state index in [0.717, 1.165) is 39.6 Å². The molecule has 0 aliphatic carbocycles. The lowest BCUT2D eigenvalue weighted by Gasteiger charge is -2.15. The number of rotatable bonds is 7. The maximum absolute atomic E-state index is 10.4. The Balaban J connectivity index is 0. The van der Waals surface area contributed by atoms with E-state index in [1.165, 1.54) is 12.8 Å². The maximum Gasteiger partial charge on any atom is 0.451 e. The molecule has 1 heterocycles. The molecular formula is C13H31BN2O5. The van der Waals surface area contributed by atoms with Gasteiger partial charge in [-0.05, 0) is 38.7 Å². The van der Waals surface area contributed by atoms with Crippen LogP contribution in [0, 0.1) is 0 Å². The molecular weight excluding hydrogens is 275 g/mol. The number of aliphatic hydroxyl groups excluding tert-OH is 1. The highest BCUT2D eigenvalue weighted by Gasteiger charge is 2.15. The second kappa shape index (κ2) is 15.7. The molecule has 0 unspecified atom stereocenters. The molecule has 21 heavy (non-hydrogen) atoms. The van der Waals surface area contributed by atoms with Crippen molar-refractivity contribution >= 4 is 13.1 Å². The van der Waals surface area contributed by atoms with Crippen LogP contribution in [0.5, 0.6) is 0 Å². The summed E-state index contributed by atoms with van der Waals surface area (Å²) in [4.78, 5) is 12.6. The summed E-state index contributed by atoms with van der Waals surface area (Å²) < 4.78 is 0. The van der Waals surface area contributed by atoms with E-state index in [2.05, 4.69) is 4.90 Å². The first-order chi connectivity index (χ1) is 9.97. The minimum atomic E-state index is -1.10. The molecule has 0 aromatic carbocycles. The molecule has 0 bridgehead atoms. The predicted molar refractivity (Wildman–Crippen MR) is 84.0 cm³/mol. The summed E-state index contributed by atoms with van der Waals surface area (Å²) in [6.45, 7) is 5.05. The van der Waals surface area contributed by atoms with Gasteiger partial charge in [-0.1, -0.05) is 19.8 Å². The number of carboxylic acid groups (broad SMARTS) is 1.